The minimum Gasteiger partial charge on any atom is -0.126 e. The van der Waals surface area contributed by atoms with Crippen LogP contribution in [0, 0.1) is 12.3 Å². The molecule has 1 aromatic rings. The molecule has 0 aliphatic carbocycles. The first kappa shape index (κ1) is 12.6. The molecular weight excluding hydrogens is 204 g/mol. The van der Waals surface area contributed by atoms with Gasteiger partial charge in [-0.25, -0.2) is 0 Å². The van der Waals surface area contributed by atoms with E-state index in [1.807, 2.05) is 0 Å². The third-order valence-corrected chi connectivity index (χ3v) is 4.01. The predicted octanol–water partition coefficient (Wildman–Crippen LogP) is 4.58. The van der Waals surface area contributed by atoms with Gasteiger partial charge in [0.2, 0.25) is 0 Å². The summed E-state index contributed by atoms with van der Waals surface area (Å²) in [7, 11) is 0. The molecule has 0 amide bonds. The van der Waals surface area contributed by atoms with Gasteiger partial charge in [0.25, 0.3) is 0 Å². The van der Waals surface area contributed by atoms with E-state index in [4.69, 9.17) is 11.6 Å². The highest BCUT2D eigenvalue weighted by Crippen LogP contribution is 2.32. The molecule has 0 radical (unpaired) electrons. The van der Waals surface area contributed by atoms with Crippen LogP contribution in [0.2, 0.25) is 0 Å². The average molecular weight is 225 g/mol. The molecule has 0 N–H and O–H groups in total. The smallest absolute Gasteiger partial charge is 0.0282 e. The van der Waals surface area contributed by atoms with Gasteiger partial charge in [0.1, 0.15) is 0 Å². The molecule has 0 unspecified atom stereocenters. The molecule has 0 fully saturated rings. The summed E-state index contributed by atoms with van der Waals surface area (Å²) in [6.07, 6.45) is 3.41. The standard InChI is InChI=1S/C14H21Cl/c1-4-14(5-2,11-15)10-13-8-6-7-12(3)9-13/h6-9H,4-5,10-11H2,1-3H3. The SMILES string of the molecule is CCC(CC)(CCl)Cc1cccc(C)c1. The summed E-state index contributed by atoms with van der Waals surface area (Å²) in [6, 6.07) is 8.75. The fourth-order valence-corrected chi connectivity index (χ4v) is 2.46. The third kappa shape index (κ3) is 3.24. The van der Waals surface area contributed by atoms with Crippen molar-refractivity contribution >= 4 is 11.6 Å². The molecule has 0 aromatic heterocycles. The van der Waals surface area contributed by atoms with Crippen LogP contribution in [0.5, 0.6) is 0 Å². The van der Waals surface area contributed by atoms with Crippen molar-refractivity contribution in [3.63, 3.8) is 0 Å². The van der Waals surface area contributed by atoms with Crippen molar-refractivity contribution in [2.24, 2.45) is 5.41 Å². The van der Waals surface area contributed by atoms with E-state index in [1.54, 1.807) is 0 Å². The zero-order valence-electron chi connectivity index (χ0n) is 10.0. The lowest BCUT2D eigenvalue weighted by atomic mass is 9.78. The summed E-state index contributed by atoms with van der Waals surface area (Å²) < 4.78 is 0. The lowest BCUT2D eigenvalue weighted by molar-refractivity contribution is 0.302. The van der Waals surface area contributed by atoms with Gasteiger partial charge in [0.05, 0.1) is 0 Å². The van der Waals surface area contributed by atoms with Crippen LogP contribution in [-0.4, -0.2) is 5.88 Å². The van der Waals surface area contributed by atoms with Gasteiger partial charge in [0.15, 0.2) is 0 Å². The molecule has 0 saturated carbocycles. The minimum atomic E-state index is 0.287. The average Bonchev–Trinajstić information content (AvgIpc) is 2.26. The van der Waals surface area contributed by atoms with Crippen molar-refractivity contribution in [1.82, 2.24) is 0 Å². The van der Waals surface area contributed by atoms with Gasteiger partial charge in [0, 0.05) is 5.88 Å². The fourth-order valence-electron chi connectivity index (χ4n) is 1.99. The van der Waals surface area contributed by atoms with E-state index >= 15 is 0 Å². The van der Waals surface area contributed by atoms with Crippen LogP contribution < -0.4 is 0 Å². The van der Waals surface area contributed by atoms with Crippen molar-refractivity contribution < 1.29 is 0 Å². The van der Waals surface area contributed by atoms with E-state index in [2.05, 4.69) is 45.0 Å². The maximum Gasteiger partial charge on any atom is 0.0282 e. The molecule has 1 heteroatoms. The third-order valence-electron chi connectivity index (χ3n) is 3.45. The largest absolute Gasteiger partial charge is 0.126 e. The highest BCUT2D eigenvalue weighted by atomic mass is 35.5. The molecule has 0 heterocycles. The maximum absolute atomic E-state index is 6.11. The number of alkyl halides is 1. The molecule has 0 atom stereocenters. The molecule has 0 aliphatic heterocycles. The Bertz CT molecular complexity index is 292. The number of rotatable bonds is 5. The first-order valence-electron chi connectivity index (χ1n) is 5.77. The Morgan fingerprint density at radius 1 is 1.20 bits per heavy atom. The van der Waals surface area contributed by atoms with Gasteiger partial charge in [-0.1, -0.05) is 43.7 Å². The van der Waals surface area contributed by atoms with Gasteiger partial charge in [-0.3, -0.25) is 0 Å². The molecule has 0 spiro atoms. The van der Waals surface area contributed by atoms with E-state index in [1.165, 1.54) is 11.1 Å². The Balaban J connectivity index is 2.82. The summed E-state index contributed by atoms with van der Waals surface area (Å²) in [4.78, 5) is 0. The lowest BCUT2D eigenvalue weighted by Crippen LogP contribution is -2.24. The van der Waals surface area contributed by atoms with Crippen molar-refractivity contribution in [1.29, 1.82) is 0 Å². The summed E-state index contributed by atoms with van der Waals surface area (Å²) in [5.74, 6) is 0.758. The van der Waals surface area contributed by atoms with E-state index in [0.717, 1.165) is 25.1 Å². The highest BCUT2D eigenvalue weighted by Gasteiger charge is 2.25. The number of hydrogen-bond acceptors (Lipinski definition) is 0. The molecule has 0 bridgehead atoms. The van der Waals surface area contributed by atoms with Crippen molar-refractivity contribution in [3.8, 4) is 0 Å². The van der Waals surface area contributed by atoms with Gasteiger partial charge in [-0.2, -0.15) is 0 Å². The summed E-state index contributed by atoms with van der Waals surface area (Å²) in [6.45, 7) is 6.62. The van der Waals surface area contributed by atoms with Crippen LogP contribution in [0.4, 0.5) is 0 Å². The van der Waals surface area contributed by atoms with Gasteiger partial charge < -0.3 is 0 Å². The Labute approximate surface area is 98.7 Å². The Morgan fingerprint density at radius 2 is 1.87 bits per heavy atom. The van der Waals surface area contributed by atoms with Gasteiger partial charge in [-0.05, 0) is 37.2 Å². The Kier molecular flexibility index (Phi) is 4.66. The highest BCUT2D eigenvalue weighted by molar-refractivity contribution is 6.18. The summed E-state index contributed by atoms with van der Waals surface area (Å²) >= 11 is 6.11. The van der Waals surface area contributed by atoms with E-state index < -0.39 is 0 Å². The zero-order chi connectivity index (χ0) is 11.3. The van der Waals surface area contributed by atoms with Crippen LogP contribution >= 0.6 is 11.6 Å². The molecule has 0 nitrogen and oxygen atoms in total. The van der Waals surface area contributed by atoms with E-state index in [9.17, 15) is 0 Å². The number of halogens is 1. The molecule has 84 valence electrons. The van der Waals surface area contributed by atoms with Crippen LogP contribution in [0.3, 0.4) is 0 Å². The Hall–Kier alpha value is -0.490. The first-order chi connectivity index (χ1) is 7.15. The van der Waals surface area contributed by atoms with E-state index in [0.29, 0.717) is 0 Å². The minimum absolute atomic E-state index is 0.287. The van der Waals surface area contributed by atoms with Crippen LogP contribution in [-0.2, 0) is 6.42 Å². The first-order valence-corrected chi connectivity index (χ1v) is 6.31. The summed E-state index contributed by atoms with van der Waals surface area (Å²) in [5.41, 5.74) is 3.04. The van der Waals surface area contributed by atoms with Crippen molar-refractivity contribution in [2.75, 3.05) is 5.88 Å². The summed E-state index contributed by atoms with van der Waals surface area (Å²) in [5, 5.41) is 0. The normalized spacial score (nSPS) is 11.7. The van der Waals surface area contributed by atoms with Gasteiger partial charge in [-0.15, -0.1) is 11.6 Å². The molecule has 1 rings (SSSR count). The quantitative estimate of drug-likeness (QED) is 0.643. The van der Waals surface area contributed by atoms with Crippen molar-refractivity contribution in [3.05, 3.63) is 35.4 Å². The second kappa shape index (κ2) is 5.55. The molecule has 0 saturated heterocycles. The number of benzene rings is 1. The number of hydrogen-bond donors (Lipinski definition) is 0. The predicted molar refractivity (Wildman–Crippen MR) is 68.6 cm³/mol. The van der Waals surface area contributed by atoms with Crippen LogP contribution in [0.1, 0.15) is 37.8 Å². The number of aryl methyl sites for hydroxylation is 1. The second-order valence-corrected chi connectivity index (χ2v) is 4.77. The van der Waals surface area contributed by atoms with Crippen LogP contribution in [0.25, 0.3) is 0 Å². The fraction of sp³-hybridized carbons (Fsp3) is 0.571. The van der Waals surface area contributed by atoms with E-state index in [-0.39, 0.29) is 5.41 Å². The molecule has 0 aliphatic rings. The monoisotopic (exact) mass is 224 g/mol. The van der Waals surface area contributed by atoms with Gasteiger partial charge >= 0.3 is 0 Å². The van der Waals surface area contributed by atoms with Crippen molar-refractivity contribution in [2.45, 2.75) is 40.0 Å². The maximum atomic E-state index is 6.11. The van der Waals surface area contributed by atoms with Crippen LogP contribution in [0.15, 0.2) is 24.3 Å². The molecule has 1 aromatic carbocycles. The molecule has 15 heavy (non-hydrogen) atoms. The lowest BCUT2D eigenvalue weighted by Gasteiger charge is -2.29. The Morgan fingerprint density at radius 3 is 2.33 bits per heavy atom. The second-order valence-electron chi connectivity index (χ2n) is 4.51. The zero-order valence-corrected chi connectivity index (χ0v) is 10.8. The topological polar surface area (TPSA) is 0 Å². The molecular formula is C14H21Cl.